The summed E-state index contributed by atoms with van der Waals surface area (Å²) in [6, 6.07) is 15.1. The van der Waals surface area contributed by atoms with E-state index in [1.165, 1.54) is 19.9 Å². The number of carbonyl (C=O) groups is 1. The minimum Gasteiger partial charge on any atom is -0.354 e. The summed E-state index contributed by atoms with van der Waals surface area (Å²) < 4.78 is 1.80. The highest BCUT2D eigenvalue weighted by atomic mass is 16.1. The second-order valence-electron chi connectivity index (χ2n) is 8.55. The Hall–Kier alpha value is -4.44. The second kappa shape index (κ2) is 8.83. The molecule has 7 heteroatoms. The lowest BCUT2D eigenvalue weighted by Gasteiger charge is -2.08. The topological polar surface area (TPSA) is 104 Å². The molecule has 0 unspecified atom stereocenters. The Morgan fingerprint density at radius 2 is 2.09 bits per heavy atom. The van der Waals surface area contributed by atoms with Gasteiger partial charge in [-0.1, -0.05) is 18.2 Å². The SMILES string of the molecule is CNC(=O)C(C#N)=Cc1cccc(-c2cnc3[nH]cc(-c4ccc(=O)n(CC5CC5)c4)c3c2)c1. The van der Waals surface area contributed by atoms with Crippen molar-refractivity contribution in [3.05, 3.63) is 82.5 Å². The lowest BCUT2D eigenvalue weighted by molar-refractivity contribution is -0.116. The summed E-state index contributed by atoms with van der Waals surface area (Å²) in [6.45, 7) is 0.763. The van der Waals surface area contributed by atoms with E-state index in [9.17, 15) is 14.9 Å². The normalized spacial score (nSPS) is 13.6. The van der Waals surface area contributed by atoms with Crippen molar-refractivity contribution >= 4 is 23.0 Å². The highest BCUT2D eigenvalue weighted by Gasteiger charge is 2.22. The molecule has 1 aromatic carbocycles. The minimum atomic E-state index is -0.420. The van der Waals surface area contributed by atoms with Crippen LogP contribution in [0.25, 0.3) is 39.4 Å². The third kappa shape index (κ3) is 4.26. The van der Waals surface area contributed by atoms with Crippen LogP contribution in [0.1, 0.15) is 18.4 Å². The predicted molar refractivity (Wildman–Crippen MR) is 132 cm³/mol. The molecule has 1 amide bonds. The van der Waals surface area contributed by atoms with Crippen molar-refractivity contribution < 1.29 is 4.79 Å². The van der Waals surface area contributed by atoms with Crippen LogP contribution in [0.3, 0.4) is 0 Å². The molecular formula is C27H23N5O2. The van der Waals surface area contributed by atoms with E-state index in [0.717, 1.165) is 45.4 Å². The van der Waals surface area contributed by atoms with Crippen LogP contribution in [-0.4, -0.2) is 27.5 Å². The summed E-state index contributed by atoms with van der Waals surface area (Å²) in [5.74, 6) is 0.187. The van der Waals surface area contributed by atoms with E-state index in [4.69, 9.17) is 0 Å². The molecule has 0 spiro atoms. The fraction of sp³-hybridized carbons (Fsp3) is 0.185. The van der Waals surface area contributed by atoms with Crippen molar-refractivity contribution in [3.63, 3.8) is 0 Å². The first-order chi connectivity index (χ1) is 16.6. The molecule has 0 aliphatic heterocycles. The molecular weight excluding hydrogens is 426 g/mol. The molecule has 0 atom stereocenters. The Balaban J connectivity index is 1.53. The number of amides is 1. The summed E-state index contributed by atoms with van der Waals surface area (Å²) in [7, 11) is 1.50. The van der Waals surface area contributed by atoms with Crippen molar-refractivity contribution in [1.29, 1.82) is 5.26 Å². The number of hydrogen-bond donors (Lipinski definition) is 2. The number of likely N-dealkylation sites (N-methyl/N-ethyl adjacent to an activating group) is 1. The molecule has 1 fully saturated rings. The quantitative estimate of drug-likeness (QED) is 0.341. The van der Waals surface area contributed by atoms with E-state index in [1.807, 2.05) is 48.8 Å². The van der Waals surface area contributed by atoms with Gasteiger partial charge in [-0.15, -0.1) is 0 Å². The van der Waals surface area contributed by atoms with Crippen molar-refractivity contribution in [2.24, 2.45) is 5.92 Å². The van der Waals surface area contributed by atoms with Gasteiger partial charge in [-0.2, -0.15) is 5.26 Å². The number of aromatic nitrogens is 3. The molecule has 168 valence electrons. The third-order valence-electron chi connectivity index (χ3n) is 6.10. The molecule has 1 aliphatic carbocycles. The largest absolute Gasteiger partial charge is 0.354 e. The molecule has 0 radical (unpaired) electrons. The number of fused-ring (bicyclic) bond motifs is 1. The van der Waals surface area contributed by atoms with Crippen molar-refractivity contribution in [2.75, 3.05) is 7.05 Å². The van der Waals surface area contributed by atoms with Crippen molar-refractivity contribution in [1.82, 2.24) is 19.9 Å². The van der Waals surface area contributed by atoms with Gasteiger partial charge in [-0.05, 0) is 54.2 Å². The molecule has 7 nitrogen and oxygen atoms in total. The number of carbonyl (C=O) groups excluding carboxylic acids is 1. The second-order valence-corrected chi connectivity index (χ2v) is 8.55. The Bertz CT molecular complexity index is 1530. The molecule has 2 N–H and O–H groups in total. The van der Waals surface area contributed by atoms with Gasteiger partial charge in [0, 0.05) is 60.3 Å². The molecule has 34 heavy (non-hydrogen) atoms. The molecule has 3 heterocycles. The highest BCUT2D eigenvalue weighted by Crippen LogP contribution is 2.33. The lowest BCUT2D eigenvalue weighted by atomic mass is 10.0. The maximum atomic E-state index is 12.3. The number of nitriles is 1. The van der Waals surface area contributed by atoms with Gasteiger partial charge in [0.2, 0.25) is 0 Å². The summed E-state index contributed by atoms with van der Waals surface area (Å²) in [4.78, 5) is 32.0. The molecule has 0 saturated heterocycles. The smallest absolute Gasteiger partial charge is 0.261 e. The van der Waals surface area contributed by atoms with Gasteiger partial charge in [0.05, 0.1) is 0 Å². The highest BCUT2D eigenvalue weighted by molar-refractivity contribution is 6.01. The van der Waals surface area contributed by atoms with E-state index in [0.29, 0.717) is 5.92 Å². The fourth-order valence-corrected chi connectivity index (χ4v) is 4.07. The van der Waals surface area contributed by atoms with Gasteiger partial charge < -0.3 is 14.9 Å². The van der Waals surface area contributed by atoms with Gasteiger partial charge in [0.15, 0.2) is 0 Å². The Labute approximate surface area is 196 Å². The first kappa shape index (κ1) is 21.4. The van der Waals surface area contributed by atoms with Crippen LogP contribution in [0.4, 0.5) is 0 Å². The number of rotatable bonds is 6. The third-order valence-corrected chi connectivity index (χ3v) is 6.10. The first-order valence-corrected chi connectivity index (χ1v) is 11.2. The summed E-state index contributed by atoms with van der Waals surface area (Å²) >= 11 is 0. The Kier molecular flexibility index (Phi) is 5.56. The summed E-state index contributed by atoms with van der Waals surface area (Å²) in [5.41, 5.74) is 5.36. The predicted octanol–water partition coefficient (Wildman–Crippen LogP) is 4.12. The maximum absolute atomic E-state index is 12.3. The number of aromatic amines is 1. The summed E-state index contributed by atoms with van der Waals surface area (Å²) in [6.07, 6.45) is 9.59. The van der Waals surface area contributed by atoms with Crippen LogP contribution in [-0.2, 0) is 11.3 Å². The zero-order valence-electron chi connectivity index (χ0n) is 18.7. The average Bonchev–Trinajstić information content (AvgIpc) is 3.59. The van der Waals surface area contributed by atoms with Crippen molar-refractivity contribution in [3.8, 4) is 28.3 Å². The number of nitrogens with one attached hydrogen (secondary N) is 2. The van der Waals surface area contributed by atoms with Gasteiger partial charge in [-0.25, -0.2) is 4.98 Å². The first-order valence-electron chi connectivity index (χ1n) is 11.2. The Morgan fingerprint density at radius 1 is 1.24 bits per heavy atom. The van der Waals surface area contributed by atoms with Gasteiger partial charge >= 0.3 is 0 Å². The molecule has 4 aromatic rings. The summed E-state index contributed by atoms with van der Waals surface area (Å²) in [5, 5.41) is 12.7. The van der Waals surface area contributed by atoms with Crippen molar-refractivity contribution in [2.45, 2.75) is 19.4 Å². The lowest BCUT2D eigenvalue weighted by Crippen LogP contribution is -2.19. The fourth-order valence-electron chi connectivity index (χ4n) is 4.07. The zero-order valence-corrected chi connectivity index (χ0v) is 18.7. The maximum Gasteiger partial charge on any atom is 0.261 e. The Morgan fingerprint density at radius 3 is 2.85 bits per heavy atom. The number of pyridine rings is 2. The van der Waals surface area contributed by atoms with E-state index in [2.05, 4.69) is 21.4 Å². The van der Waals surface area contributed by atoms with E-state index in [1.54, 1.807) is 22.9 Å². The minimum absolute atomic E-state index is 0.0210. The standard InChI is InChI=1S/C27H23N5O2/c1-29-27(34)21(12-28)10-18-3-2-4-19(9-18)22-11-23-24(14-31-26(23)30-13-22)20-7-8-25(33)32(16-20)15-17-5-6-17/h2-4,7-11,13-14,16-17H,5-6,15H2,1H3,(H,29,34)(H,30,31). The monoisotopic (exact) mass is 449 g/mol. The zero-order chi connectivity index (χ0) is 23.7. The number of H-pyrrole nitrogens is 1. The van der Waals surface area contributed by atoms with Gasteiger partial charge in [0.25, 0.3) is 11.5 Å². The van der Waals surface area contributed by atoms with Crippen LogP contribution in [0.15, 0.2) is 71.4 Å². The van der Waals surface area contributed by atoms with Crippen LogP contribution in [0.2, 0.25) is 0 Å². The number of hydrogen-bond acceptors (Lipinski definition) is 4. The molecule has 0 bridgehead atoms. The molecule has 5 rings (SSSR count). The number of benzene rings is 1. The average molecular weight is 450 g/mol. The van der Waals surface area contributed by atoms with E-state index in [-0.39, 0.29) is 11.1 Å². The molecule has 1 saturated carbocycles. The van der Waals surface area contributed by atoms with E-state index < -0.39 is 5.91 Å². The van der Waals surface area contributed by atoms with Crippen LogP contribution in [0.5, 0.6) is 0 Å². The van der Waals surface area contributed by atoms with Gasteiger partial charge in [0.1, 0.15) is 17.3 Å². The molecule has 3 aromatic heterocycles. The van der Waals surface area contributed by atoms with Crippen LogP contribution >= 0.6 is 0 Å². The van der Waals surface area contributed by atoms with E-state index >= 15 is 0 Å². The molecule has 1 aliphatic rings. The van der Waals surface area contributed by atoms with Crippen LogP contribution in [0, 0.1) is 17.2 Å². The number of nitrogens with zero attached hydrogens (tertiary/aromatic N) is 3. The van der Waals surface area contributed by atoms with Gasteiger partial charge in [-0.3, -0.25) is 9.59 Å². The van der Waals surface area contributed by atoms with Crippen LogP contribution < -0.4 is 10.9 Å².